The number of rotatable bonds is 3. The van der Waals surface area contributed by atoms with Crippen LogP contribution >= 0.6 is 38.5 Å². The molecule has 26 heavy (non-hydrogen) atoms. The van der Waals surface area contributed by atoms with Crippen LogP contribution in [0.5, 0.6) is 5.75 Å². The van der Waals surface area contributed by atoms with Crippen molar-refractivity contribution in [1.82, 2.24) is 0 Å². The van der Waals surface area contributed by atoms with Crippen molar-refractivity contribution in [3.8, 4) is 5.75 Å². The zero-order valence-electron chi connectivity index (χ0n) is 14.0. The molecule has 0 bridgehead atoms. The average Bonchev–Trinajstić information content (AvgIpc) is 2.92. The minimum Gasteiger partial charge on any atom is -0.425 e. The maximum absolute atomic E-state index is 12.3. The van der Waals surface area contributed by atoms with Gasteiger partial charge in [0.15, 0.2) is 5.75 Å². The third-order valence-corrected chi connectivity index (χ3v) is 4.91. The molecule has 0 spiro atoms. The Morgan fingerprint density at radius 3 is 2.58 bits per heavy atom. The van der Waals surface area contributed by atoms with Gasteiger partial charge in [-0.05, 0) is 53.8 Å². The van der Waals surface area contributed by atoms with Crippen molar-refractivity contribution in [2.24, 2.45) is 0 Å². The zero-order valence-corrected chi connectivity index (χ0v) is 17.8. The summed E-state index contributed by atoms with van der Waals surface area (Å²) in [5.74, 6) is 0.0536. The summed E-state index contributed by atoms with van der Waals surface area (Å²) in [4.78, 5) is 23.7. The molecule has 0 N–H and O–H groups in total. The Kier molecular flexibility index (Phi) is 5.62. The van der Waals surface area contributed by atoms with Gasteiger partial charge in [-0.1, -0.05) is 45.8 Å². The molecule has 4 nitrogen and oxygen atoms in total. The summed E-state index contributed by atoms with van der Waals surface area (Å²) in [7, 11) is 0. The number of ether oxygens (including phenoxy) is 2. The normalized spacial score (nSPS) is 15.0. The lowest BCUT2D eigenvalue weighted by molar-refractivity contribution is -0.132. The largest absolute Gasteiger partial charge is 0.425 e. The molecular formula is C20H14BrIO4. The summed E-state index contributed by atoms with van der Waals surface area (Å²) in [6.07, 6.45) is 3.35. The molecule has 0 amide bonds. The lowest BCUT2D eigenvalue weighted by atomic mass is 10.1. The Labute approximate surface area is 173 Å². The Hall–Kier alpha value is -1.93. The molecule has 1 aliphatic heterocycles. The van der Waals surface area contributed by atoms with Crippen LogP contribution in [0.2, 0.25) is 0 Å². The van der Waals surface area contributed by atoms with E-state index in [2.05, 4.69) is 38.5 Å². The van der Waals surface area contributed by atoms with Crippen LogP contribution in [0.3, 0.4) is 0 Å². The Morgan fingerprint density at radius 2 is 1.92 bits per heavy atom. The van der Waals surface area contributed by atoms with Gasteiger partial charge in [-0.25, -0.2) is 4.79 Å². The molecular weight excluding hydrogens is 511 g/mol. The number of hydrogen-bond donors (Lipinski definition) is 0. The minimum atomic E-state index is -0.440. The molecule has 2 aromatic carbocycles. The van der Waals surface area contributed by atoms with Gasteiger partial charge in [0.2, 0.25) is 0 Å². The first-order chi connectivity index (χ1) is 12.3. The van der Waals surface area contributed by atoms with Crippen molar-refractivity contribution in [1.29, 1.82) is 0 Å². The SMILES string of the molecule is CC(=O)Oc1c(I)cc(Br)cc1/C=C1/C=C(c2ccc(C)cc2)OC1=O. The van der Waals surface area contributed by atoms with E-state index in [1.165, 1.54) is 6.92 Å². The highest BCUT2D eigenvalue weighted by molar-refractivity contribution is 14.1. The lowest BCUT2D eigenvalue weighted by Gasteiger charge is -2.09. The van der Waals surface area contributed by atoms with Crippen LogP contribution in [0.25, 0.3) is 11.8 Å². The van der Waals surface area contributed by atoms with E-state index in [1.54, 1.807) is 18.2 Å². The molecule has 0 aliphatic carbocycles. The second kappa shape index (κ2) is 7.75. The molecule has 0 unspecified atom stereocenters. The number of carbonyl (C=O) groups excluding carboxylic acids is 2. The quantitative estimate of drug-likeness (QED) is 0.237. The second-order valence-electron chi connectivity index (χ2n) is 5.76. The second-order valence-corrected chi connectivity index (χ2v) is 7.84. The molecule has 1 heterocycles. The predicted molar refractivity (Wildman–Crippen MR) is 111 cm³/mol. The first-order valence-corrected chi connectivity index (χ1v) is 9.61. The first-order valence-electron chi connectivity index (χ1n) is 7.73. The molecule has 2 aromatic rings. The summed E-state index contributed by atoms with van der Waals surface area (Å²) in [5, 5.41) is 0. The maximum Gasteiger partial charge on any atom is 0.343 e. The van der Waals surface area contributed by atoms with Gasteiger partial charge in [0.25, 0.3) is 0 Å². The molecule has 0 radical (unpaired) electrons. The van der Waals surface area contributed by atoms with Crippen molar-refractivity contribution in [2.45, 2.75) is 13.8 Å². The van der Waals surface area contributed by atoms with Crippen LogP contribution in [0.15, 0.2) is 52.5 Å². The molecule has 0 fully saturated rings. The number of hydrogen-bond acceptors (Lipinski definition) is 4. The summed E-state index contributed by atoms with van der Waals surface area (Å²) >= 11 is 5.51. The fourth-order valence-electron chi connectivity index (χ4n) is 2.46. The Bertz CT molecular complexity index is 959. The van der Waals surface area contributed by atoms with Crippen LogP contribution in [0.4, 0.5) is 0 Å². The number of carbonyl (C=O) groups is 2. The van der Waals surface area contributed by atoms with Crippen LogP contribution in [-0.2, 0) is 14.3 Å². The van der Waals surface area contributed by atoms with Crippen LogP contribution < -0.4 is 4.74 Å². The third kappa shape index (κ3) is 4.24. The monoisotopic (exact) mass is 524 g/mol. The zero-order chi connectivity index (χ0) is 18.8. The van der Waals surface area contributed by atoms with Crippen LogP contribution in [0.1, 0.15) is 23.6 Å². The van der Waals surface area contributed by atoms with E-state index in [9.17, 15) is 9.59 Å². The van der Waals surface area contributed by atoms with Gasteiger partial charge in [0.1, 0.15) is 5.76 Å². The van der Waals surface area contributed by atoms with Gasteiger partial charge in [-0.2, -0.15) is 0 Å². The highest BCUT2D eigenvalue weighted by Gasteiger charge is 2.23. The van der Waals surface area contributed by atoms with Gasteiger partial charge < -0.3 is 9.47 Å². The molecule has 0 atom stereocenters. The standard InChI is InChI=1S/C20H14BrIO4/c1-11-3-5-13(6-4-11)18-9-15(20(24)26-18)7-14-8-16(21)10-17(22)19(14)25-12(2)23/h3-10H,1-2H3/b15-7-. The van der Waals surface area contributed by atoms with Gasteiger partial charge in [0, 0.05) is 22.5 Å². The van der Waals surface area contributed by atoms with Crippen molar-refractivity contribution < 1.29 is 19.1 Å². The Balaban J connectivity index is 2.03. The molecule has 0 aromatic heterocycles. The molecule has 132 valence electrons. The van der Waals surface area contributed by atoms with Crippen LogP contribution in [0, 0.1) is 10.5 Å². The van der Waals surface area contributed by atoms with Crippen molar-refractivity contribution in [2.75, 3.05) is 0 Å². The fraction of sp³-hybridized carbons (Fsp3) is 0.100. The highest BCUT2D eigenvalue weighted by Crippen LogP contribution is 2.34. The maximum atomic E-state index is 12.3. The predicted octanol–water partition coefficient (Wildman–Crippen LogP) is 5.27. The van der Waals surface area contributed by atoms with Crippen LogP contribution in [-0.4, -0.2) is 11.9 Å². The highest BCUT2D eigenvalue weighted by atomic mass is 127. The number of halogens is 2. The van der Waals surface area contributed by atoms with Crippen molar-refractivity contribution in [3.05, 3.63) is 72.8 Å². The topological polar surface area (TPSA) is 52.6 Å². The summed E-state index contributed by atoms with van der Waals surface area (Å²) < 4.78 is 12.3. The van der Waals surface area contributed by atoms with E-state index in [0.717, 1.165) is 19.2 Å². The third-order valence-electron chi connectivity index (χ3n) is 3.65. The minimum absolute atomic E-state index is 0.392. The number of aryl methyl sites for hydroxylation is 1. The van der Waals surface area contributed by atoms with E-state index < -0.39 is 11.9 Å². The van der Waals surface area contributed by atoms with Gasteiger partial charge in [0.05, 0.1) is 9.14 Å². The lowest BCUT2D eigenvalue weighted by Crippen LogP contribution is -2.05. The molecule has 3 rings (SSSR count). The van der Waals surface area contributed by atoms with Crippen molar-refractivity contribution >= 4 is 62.3 Å². The van der Waals surface area contributed by atoms with Gasteiger partial charge >= 0.3 is 11.9 Å². The smallest absolute Gasteiger partial charge is 0.343 e. The Morgan fingerprint density at radius 1 is 1.23 bits per heavy atom. The summed E-state index contributed by atoms with van der Waals surface area (Å²) in [6, 6.07) is 11.4. The molecule has 6 heteroatoms. The van der Waals surface area contributed by atoms with Crippen molar-refractivity contribution in [3.63, 3.8) is 0 Å². The van der Waals surface area contributed by atoms with Gasteiger partial charge in [-0.3, -0.25) is 4.79 Å². The van der Waals surface area contributed by atoms with E-state index in [0.29, 0.717) is 22.6 Å². The summed E-state index contributed by atoms with van der Waals surface area (Å²) in [6.45, 7) is 3.34. The van der Waals surface area contributed by atoms with Gasteiger partial charge in [-0.15, -0.1) is 0 Å². The van der Waals surface area contributed by atoms with E-state index in [4.69, 9.17) is 9.47 Å². The average molecular weight is 525 g/mol. The molecule has 0 saturated heterocycles. The first kappa shape index (κ1) is 18.8. The number of benzene rings is 2. The summed E-state index contributed by atoms with van der Waals surface area (Å²) in [5.41, 5.74) is 2.97. The van der Waals surface area contributed by atoms with E-state index in [-0.39, 0.29) is 0 Å². The number of esters is 2. The fourth-order valence-corrected chi connectivity index (χ4v) is 4.12. The molecule has 1 aliphatic rings. The van der Waals surface area contributed by atoms with E-state index in [1.807, 2.05) is 37.3 Å². The van der Waals surface area contributed by atoms with E-state index >= 15 is 0 Å². The number of cyclic esters (lactones) is 1. The molecule has 0 saturated carbocycles.